The Morgan fingerprint density at radius 1 is 1.14 bits per heavy atom. The lowest BCUT2D eigenvalue weighted by molar-refractivity contribution is 0.591. The van der Waals surface area contributed by atoms with Crippen LogP contribution in [0.2, 0.25) is 5.02 Å². The molecule has 0 radical (unpaired) electrons. The summed E-state index contributed by atoms with van der Waals surface area (Å²) in [4.78, 5) is 0. The molecule has 112 valence electrons. The van der Waals surface area contributed by atoms with E-state index in [2.05, 4.69) is 10.2 Å². The van der Waals surface area contributed by atoms with Gasteiger partial charge in [-0.05, 0) is 36.4 Å². The summed E-state index contributed by atoms with van der Waals surface area (Å²) >= 11 is 7.24. The van der Waals surface area contributed by atoms with E-state index in [1.807, 2.05) is 12.1 Å². The summed E-state index contributed by atoms with van der Waals surface area (Å²) in [5.41, 5.74) is 1.09. The molecule has 0 fully saturated rings. The van der Waals surface area contributed by atoms with E-state index in [1.165, 1.54) is 17.8 Å². The number of rotatable bonds is 4. The summed E-state index contributed by atoms with van der Waals surface area (Å²) in [6, 6.07) is 10.6. The third-order valence-corrected chi connectivity index (χ3v) is 4.19. The second-order valence-electron chi connectivity index (χ2n) is 4.49. The summed E-state index contributed by atoms with van der Waals surface area (Å²) < 4.78 is 28.6. The summed E-state index contributed by atoms with van der Waals surface area (Å²) in [7, 11) is 0. The molecular formula is C15H10ClF2N3S. The van der Waals surface area contributed by atoms with Crippen molar-refractivity contribution in [2.75, 3.05) is 0 Å². The summed E-state index contributed by atoms with van der Waals surface area (Å²) in [6.07, 6.45) is 1.55. The molecule has 0 aliphatic carbocycles. The highest BCUT2D eigenvalue weighted by molar-refractivity contribution is 7.98. The SMILES string of the molecule is Fc1ccc(F)c(CSc2nncn2-c2cccc(Cl)c2)c1. The van der Waals surface area contributed by atoms with Gasteiger partial charge in [-0.15, -0.1) is 10.2 Å². The van der Waals surface area contributed by atoms with E-state index in [0.717, 1.165) is 17.8 Å². The van der Waals surface area contributed by atoms with Gasteiger partial charge in [0.15, 0.2) is 5.16 Å². The lowest BCUT2D eigenvalue weighted by Gasteiger charge is -2.07. The first kappa shape index (κ1) is 15.0. The number of hydrogen-bond donors (Lipinski definition) is 0. The molecule has 3 rings (SSSR count). The Morgan fingerprint density at radius 2 is 2.00 bits per heavy atom. The molecule has 0 N–H and O–H groups in total. The van der Waals surface area contributed by atoms with Crippen LogP contribution in [0.3, 0.4) is 0 Å². The van der Waals surface area contributed by atoms with Crippen LogP contribution in [0, 0.1) is 11.6 Å². The third kappa shape index (κ3) is 3.28. The molecule has 0 saturated carbocycles. The fourth-order valence-electron chi connectivity index (χ4n) is 1.92. The molecule has 0 spiro atoms. The smallest absolute Gasteiger partial charge is 0.195 e. The van der Waals surface area contributed by atoms with E-state index in [9.17, 15) is 8.78 Å². The molecule has 0 atom stereocenters. The van der Waals surface area contributed by atoms with Gasteiger partial charge in [0.25, 0.3) is 0 Å². The van der Waals surface area contributed by atoms with Crippen molar-refractivity contribution in [3.05, 3.63) is 71.0 Å². The number of nitrogens with zero attached hydrogens (tertiary/aromatic N) is 3. The number of halogens is 3. The van der Waals surface area contributed by atoms with Crippen molar-refractivity contribution in [2.45, 2.75) is 10.9 Å². The van der Waals surface area contributed by atoms with Gasteiger partial charge >= 0.3 is 0 Å². The summed E-state index contributed by atoms with van der Waals surface area (Å²) in [5.74, 6) is -0.654. The average Bonchev–Trinajstić information content (AvgIpc) is 2.97. The lowest BCUT2D eigenvalue weighted by Crippen LogP contribution is -1.96. The van der Waals surface area contributed by atoms with Crippen LogP contribution in [0.25, 0.3) is 5.69 Å². The van der Waals surface area contributed by atoms with Gasteiger partial charge in [0.2, 0.25) is 0 Å². The number of thioether (sulfide) groups is 1. The number of benzene rings is 2. The van der Waals surface area contributed by atoms with Gasteiger partial charge in [-0.3, -0.25) is 4.57 Å². The Hall–Kier alpha value is -1.92. The second kappa shape index (κ2) is 6.46. The van der Waals surface area contributed by atoms with Crippen molar-refractivity contribution in [1.82, 2.24) is 14.8 Å². The van der Waals surface area contributed by atoms with Gasteiger partial charge in [-0.2, -0.15) is 0 Å². The molecule has 3 nitrogen and oxygen atoms in total. The Morgan fingerprint density at radius 3 is 2.82 bits per heavy atom. The number of aromatic nitrogens is 3. The minimum Gasteiger partial charge on any atom is -0.277 e. The molecule has 1 aromatic heterocycles. The molecule has 0 amide bonds. The average molecular weight is 338 g/mol. The van der Waals surface area contributed by atoms with E-state index < -0.39 is 11.6 Å². The van der Waals surface area contributed by atoms with E-state index in [1.54, 1.807) is 23.0 Å². The molecule has 3 aromatic rings. The van der Waals surface area contributed by atoms with Gasteiger partial charge in [-0.1, -0.05) is 29.4 Å². The highest BCUT2D eigenvalue weighted by Crippen LogP contribution is 2.25. The second-order valence-corrected chi connectivity index (χ2v) is 5.87. The van der Waals surface area contributed by atoms with Gasteiger partial charge in [-0.25, -0.2) is 8.78 Å². The minimum atomic E-state index is -0.465. The Labute approximate surface area is 134 Å². The highest BCUT2D eigenvalue weighted by Gasteiger charge is 2.10. The van der Waals surface area contributed by atoms with Crippen molar-refractivity contribution < 1.29 is 8.78 Å². The first-order chi connectivity index (χ1) is 10.6. The van der Waals surface area contributed by atoms with E-state index in [-0.39, 0.29) is 11.3 Å². The van der Waals surface area contributed by atoms with Crippen molar-refractivity contribution in [1.29, 1.82) is 0 Å². The van der Waals surface area contributed by atoms with Gasteiger partial charge in [0.05, 0.1) is 5.69 Å². The normalized spacial score (nSPS) is 10.9. The van der Waals surface area contributed by atoms with Crippen LogP contribution in [0.1, 0.15) is 5.56 Å². The van der Waals surface area contributed by atoms with E-state index in [0.29, 0.717) is 10.2 Å². The Balaban J connectivity index is 1.82. The molecule has 0 saturated heterocycles. The topological polar surface area (TPSA) is 30.7 Å². The maximum Gasteiger partial charge on any atom is 0.195 e. The molecule has 0 unspecified atom stereocenters. The highest BCUT2D eigenvalue weighted by atomic mass is 35.5. The van der Waals surface area contributed by atoms with Gasteiger partial charge in [0.1, 0.15) is 18.0 Å². The predicted octanol–water partition coefficient (Wildman–Crippen LogP) is 4.49. The standard InChI is InChI=1S/C15H10ClF2N3S/c16-11-2-1-3-13(7-11)21-9-19-20-15(21)22-8-10-6-12(17)4-5-14(10)18/h1-7,9H,8H2. The van der Waals surface area contributed by atoms with Crippen molar-refractivity contribution in [2.24, 2.45) is 0 Å². The van der Waals surface area contributed by atoms with Crippen molar-refractivity contribution >= 4 is 23.4 Å². The molecule has 22 heavy (non-hydrogen) atoms. The van der Waals surface area contributed by atoms with Crippen LogP contribution in [-0.2, 0) is 5.75 Å². The predicted molar refractivity (Wildman–Crippen MR) is 82.3 cm³/mol. The molecule has 0 bridgehead atoms. The summed E-state index contributed by atoms with van der Waals surface area (Å²) in [5, 5.41) is 9.04. The first-order valence-electron chi connectivity index (χ1n) is 6.36. The molecule has 7 heteroatoms. The van der Waals surface area contributed by atoms with Crippen LogP contribution in [0.5, 0.6) is 0 Å². The van der Waals surface area contributed by atoms with Gasteiger partial charge < -0.3 is 0 Å². The van der Waals surface area contributed by atoms with Crippen LogP contribution in [0.15, 0.2) is 53.9 Å². The van der Waals surface area contributed by atoms with E-state index in [4.69, 9.17) is 11.6 Å². The summed E-state index contributed by atoms with van der Waals surface area (Å²) in [6.45, 7) is 0. The first-order valence-corrected chi connectivity index (χ1v) is 7.72. The zero-order chi connectivity index (χ0) is 15.5. The van der Waals surface area contributed by atoms with E-state index >= 15 is 0 Å². The lowest BCUT2D eigenvalue weighted by atomic mass is 10.2. The van der Waals surface area contributed by atoms with Crippen LogP contribution in [-0.4, -0.2) is 14.8 Å². The Kier molecular flexibility index (Phi) is 4.40. The largest absolute Gasteiger partial charge is 0.277 e. The fourth-order valence-corrected chi connectivity index (χ4v) is 3.01. The Bertz CT molecular complexity index is 807. The monoisotopic (exact) mass is 337 g/mol. The number of hydrogen-bond acceptors (Lipinski definition) is 3. The van der Waals surface area contributed by atoms with Crippen LogP contribution in [0.4, 0.5) is 8.78 Å². The maximum absolute atomic E-state index is 13.6. The van der Waals surface area contributed by atoms with Crippen LogP contribution >= 0.6 is 23.4 Å². The molecule has 1 heterocycles. The van der Waals surface area contributed by atoms with Crippen molar-refractivity contribution in [3.63, 3.8) is 0 Å². The maximum atomic E-state index is 13.6. The third-order valence-electron chi connectivity index (χ3n) is 2.97. The molecule has 0 aliphatic rings. The fraction of sp³-hybridized carbons (Fsp3) is 0.0667. The van der Waals surface area contributed by atoms with Crippen molar-refractivity contribution in [3.8, 4) is 5.69 Å². The van der Waals surface area contributed by atoms with Gasteiger partial charge in [0, 0.05) is 16.3 Å². The molecule has 0 aliphatic heterocycles. The van der Waals surface area contributed by atoms with Crippen LogP contribution < -0.4 is 0 Å². The minimum absolute atomic E-state index is 0.253. The zero-order valence-corrected chi connectivity index (χ0v) is 12.8. The quantitative estimate of drug-likeness (QED) is 0.657. The molecular weight excluding hydrogens is 328 g/mol. The zero-order valence-electron chi connectivity index (χ0n) is 11.2. The molecule has 2 aromatic carbocycles.